The summed E-state index contributed by atoms with van der Waals surface area (Å²) in [5.74, 6) is 0.666. The summed E-state index contributed by atoms with van der Waals surface area (Å²) in [5, 5.41) is 13.7. The van der Waals surface area contributed by atoms with Crippen LogP contribution in [0.1, 0.15) is 28.9 Å². The third-order valence-electron chi connectivity index (χ3n) is 3.26. The Morgan fingerprint density at radius 2 is 2.41 bits per heavy atom. The fourth-order valence-corrected chi connectivity index (χ4v) is 2.60. The number of carbonyl (C=O) groups excluding carboxylic acids is 1. The SMILES string of the molecule is COc1csc(C(=O)NCC2(CCO)CC2)c1. The van der Waals surface area contributed by atoms with Gasteiger partial charge in [-0.25, -0.2) is 0 Å². The van der Waals surface area contributed by atoms with E-state index in [0.717, 1.165) is 25.0 Å². The number of rotatable bonds is 6. The number of hydrogen-bond acceptors (Lipinski definition) is 4. The van der Waals surface area contributed by atoms with Crippen LogP contribution in [0.25, 0.3) is 0 Å². The Morgan fingerprint density at radius 3 is 2.94 bits per heavy atom. The van der Waals surface area contributed by atoms with Gasteiger partial charge in [-0.2, -0.15) is 0 Å². The van der Waals surface area contributed by atoms with E-state index in [4.69, 9.17) is 9.84 Å². The number of thiophene rings is 1. The van der Waals surface area contributed by atoms with Gasteiger partial charge in [0.25, 0.3) is 5.91 Å². The maximum atomic E-state index is 11.8. The van der Waals surface area contributed by atoms with Crippen molar-refractivity contribution in [3.63, 3.8) is 0 Å². The molecule has 4 nitrogen and oxygen atoms in total. The first-order valence-corrected chi connectivity index (χ1v) is 6.59. The van der Waals surface area contributed by atoms with E-state index in [2.05, 4.69) is 5.32 Å². The molecule has 5 heteroatoms. The van der Waals surface area contributed by atoms with Gasteiger partial charge < -0.3 is 15.2 Å². The van der Waals surface area contributed by atoms with Crippen molar-refractivity contribution < 1.29 is 14.6 Å². The molecule has 1 saturated carbocycles. The molecule has 1 heterocycles. The molecule has 1 aliphatic carbocycles. The molecule has 1 aliphatic rings. The third-order valence-corrected chi connectivity index (χ3v) is 4.17. The first-order valence-electron chi connectivity index (χ1n) is 5.71. The molecule has 0 unspecified atom stereocenters. The molecule has 2 rings (SSSR count). The van der Waals surface area contributed by atoms with Gasteiger partial charge in [0.1, 0.15) is 5.75 Å². The van der Waals surface area contributed by atoms with Crippen LogP contribution < -0.4 is 10.1 Å². The van der Waals surface area contributed by atoms with Crippen LogP contribution in [0.2, 0.25) is 0 Å². The van der Waals surface area contributed by atoms with Crippen LogP contribution in [0, 0.1) is 5.41 Å². The maximum Gasteiger partial charge on any atom is 0.261 e. The Hall–Kier alpha value is -1.07. The van der Waals surface area contributed by atoms with Gasteiger partial charge in [-0.1, -0.05) is 0 Å². The molecule has 2 N–H and O–H groups in total. The predicted octanol–water partition coefficient (Wildman–Crippen LogP) is 1.65. The van der Waals surface area contributed by atoms with E-state index in [-0.39, 0.29) is 17.9 Å². The zero-order valence-electron chi connectivity index (χ0n) is 9.86. The number of aliphatic hydroxyl groups is 1. The monoisotopic (exact) mass is 255 g/mol. The van der Waals surface area contributed by atoms with Crippen molar-refractivity contribution in [3.8, 4) is 5.75 Å². The second-order valence-electron chi connectivity index (χ2n) is 4.51. The molecule has 0 spiro atoms. The predicted molar refractivity (Wildman–Crippen MR) is 66.6 cm³/mol. The first kappa shape index (κ1) is 12.4. The highest BCUT2D eigenvalue weighted by atomic mass is 32.1. The molecular formula is C12H17NO3S. The molecule has 94 valence electrons. The molecule has 1 fully saturated rings. The van der Waals surface area contributed by atoms with Crippen molar-refractivity contribution in [2.75, 3.05) is 20.3 Å². The lowest BCUT2D eigenvalue weighted by Crippen LogP contribution is -2.30. The van der Waals surface area contributed by atoms with Crippen molar-refractivity contribution in [1.82, 2.24) is 5.32 Å². The highest BCUT2D eigenvalue weighted by Crippen LogP contribution is 2.47. The van der Waals surface area contributed by atoms with Crippen molar-refractivity contribution in [2.24, 2.45) is 5.41 Å². The molecule has 1 amide bonds. The van der Waals surface area contributed by atoms with Gasteiger partial charge in [-0.05, 0) is 24.7 Å². The van der Waals surface area contributed by atoms with Gasteiger partial charge in [0.05, 0.1) is 12.0 Å². The molecule has 0 aromatic carbocycles. The van der Waals surface area contributed by atoms with E-state index in [0.29, 0.717) is 11.4 Å². The fourth-order valence-electron chi connectivity index (χ4n) is 1.83. The van der Waals surface area contributed by atoms with Crippen molar-refractivity contribution >= 4 is 17.2 Å². The van der Waals surface area contributed by atoms with Crippen LogP contribution in [0.3, 0.4) is 0 Å². The van der Waals surface area contributed by atoms with E-state index in [1.165, 1.54) is 11.3 Å². The third kappa shape index (κ3) is 2.98. The van der Waals surface area contributed by atoms with E-state index < -0.39 is 0 Å². The minimum Gasteiger partial charge on any atom is -0.496 e. The van der Waals surface area contributed by atoms with Crippen molar-refractivity contribution in [1.29, 1.82) is 0 Å². The molecule has 1 aromatic rings. The molecule has 0 bridgehead atoms. The van der Waals surface area contributed by atoms with Gasteiger partial charge in [-0.3, -0.25) is 4.79 Å². The summed E-state index contributed by atoms with van der Waals surface area (Å²) < 4.78 is 5.04. The van der Waals surface area contributed by atoms with Crippen LogP contribution in [-0.2, 0) is 0 Å². The number of ether oxygens (including phenoxy) is 1. The highest BCUT2D eigenvalue weighted by molar-refractivity contribution is 7.12. The summed E-state index contributed by atoms with van der Waals surface area (Å²) in [6.07, 6.45) is 2.98. The number of carbonyl (C=O) groups is 1. The smallest absolute Gasteiger partial charge is 0.261 e. The summed E-state index contributed by atoms with van der Waals surface area (Å²) in [6, 6.07) is 1.74. The van der Waals surface area contributed by atoms with Gasteiger partial charge >= 0.3 is 0 Å². The summed E-state index contributed by atoms with van der Waals surface area (Å²) >= 11 is 1.38. The van der Waals surface area contributed by atoms with Crippen LogP contribution in [0.15, 0.2) is 11.4 Å². The van der Waals surface area contributed by atoms with Gasteiger partial charge in [-0.15, -0.1) is 11.3 Å². The van der Waals surface area contributed by atoms with Crippen molar-refractivity contribution in [2.45, 2.75) is 19.3 Å². The lowest BCUT2D eigenvalue weighted by molar-refractivity contribution is 0.0944. The normalized spacial score (nSPS) is 16.6. The van der Waals surface area contributed by atoms with Crippen LogP contribution in [0.5, 0.6) is 5.75 Å². The largest absolute Gasteiger partial charge is 0.496 e. The Kier molecular flexibility index (Phi) is 3.69. The second-order valence-corrected chi connectivity index (χ2v) is 5.42. The Bertz CT molecular complexity index is 398. The maximum absolute atomic E-state index is 11.8. The van der Waals surface area contributed by atoms with Crippen LogP contribution in [0.4, 0.5) is 0 Å². The molecule has 0 radical (unpaired) electrons. The van der Waals surface area contributed by atoms with Gasteiger partial charge in [0, 0.05) is 24.6 Å². The zero-order valence-corrected chi connectivity index (χ0v) is 10.7. The highest BCUT2D eigenvalue weighted by Gasteiger charge is 2.41. The van der Waals surface area contributed by atoms with Crippen LogP contribution >= 0.6 is 11.3 Å². The van der Waals surface area contributed by atoms with E-state index in [1.54, 1.807) is 13.2 Å². The minimum atomic E-state index is -0.0532. The number of hydrogen-bond donors (Lipinski definition) is 2. The lowest BCUT2D eigenvalue weighted by Gasteiger charge is -2.13. The summed E-state index contributed by atoms with van der Waals surface area (Å²) in [7, 11) is 1.59. The lowest BCUT2D eigenvalue weighted by atomic mass is 10.0. The minimum absolute atomic E-state index is 0.0532. The van der Waals surface area contributed by atoms with Crippen LogP contribution in [-0.4, -0.2) is 31.3 Å². The number of aliphatic hydroxyl groups excluding tert-OH is 1. The summed E-state index contributed by atoms with van der Waals surface area (Å²) in [6.45, 7) is 0.856. The standard InChI is InChI=1S/C12H17NO3S/c1-16-9-6-10(17-7-9)11(15)13-8-12(2-3-12)4-5-14/h6-7,14H,2-5,8H2,1H3,(H,13,15). The first-order chi connectivity index (χ1) is 8.19. The number of nitrogens with one attached hydrogen (secondary N) is 1. The zero-order chi connectivity index (χ0) is 12.3. The molecule has 0 saturated heterocycles. The summed E-state index contributed by atoms with van der Waals surface area (Å²) in [4.78, 5) is 12.5. The van der Waals surface area contributed by atoms with E-state index in [1.807, 2.05) is 5.38 Å². The average Bonchev–Trinajstić information content (AvgIpc) is 2.93. The molecular weight excluding hydrogens is 238 g/mol. The molecule has 1 aromatic heterocycles. The fraction of sp³-hybridized carbons (Fsp3) is 0.583. The molecule has 0 aliphatic heterocycles. The quantitative estimate of drug-likeness (QED) is 0.812. The number of methoxy groups -OCH3 is 1. The Balaban J connectivity index is 1.85. The molecule has 0 atom stereocenters. The van der Waals surface area contributed by atoms with E-state index >= 15 is 0 Å². The Morgan fingerprint density at radius 1 is 1.65 bits per heavy atom. The van der Waals surface area contributed by atoms with Gasteiger partial charge in [0.15, 0.2) is 0 Å². The number of amides is 1. The summed E-state index contributed by atoms with van der Waals surface area (Å²) in [5.41, 5.74) is 0.158. The van der Waals surface area contributed by atoms with E-state index in [9.17, 15) is 4.79 Å². The average molecular weight is 255 g/mol. The topological polar surface area (TPSA) is 58.6 Å². The second kappa shape index (κ2) is 5.06. The Labute approximate surface area is 105 Å². The molecule has 17 heavy (non-hydrogen) atoms. The van der Waals surface area contributed by atoms with Crippen molar-refractivity contribution in [3.05, 3.63) is 16.3 Å². The van der Waals surface area contributed by atoms with Gasteiger partial charge in [0.2, 0.25) is 0 Å².